The predicted molar refractivity (Wildman–Crippen MR) is 67.8 cm³/mol. The third kappa shape index (κ3) is 3.44. The molecule has 11 heteroatoms. The van der Waals surface area contributed by atoms with Gasteiger partial charge in [-0.05, 0) is 0 Å². The summed E-state index contributed by atoms with van der Waals surface area (Å²) in [6, 6.07) is -2.09. The van der Waals surface area contributed by atoms with Gasteiger partial charge in [0, 0.05) is 6.20 Å². The van der Waals surface area contributed by atoms with Gasteiger partial charge in [0.15, 0.2) is 6.04 Å². The van der Waals surface area contributed by atoms with Gasteiger partial charge in [-0.2, -0.15) is 0 Å². The maximum absolute atomic E-state index is 11.3. The van der Waals surface area contributed by atoms with Gasteiger partial charge >= 0.3 is 17.9 Å². The highest BCUT2D eigenvalue weighted by molar-refractivity contribution is 8.04. The van der Waals surface area contributed by atoms with Crippen molar-refractivity contribution in [2.45, 2.75) is 18.1 Å². The van der Waals surface area contributed by atoms with Gasteiger partial charge in [-0.3, -0.25) is 9.59 Å². The summed E-state index contributed by atoms with van der Waals surface area (Å²) in [5, 5.41) is 36.9. The molecule has 0 radical (unpaired) electrons. The molecule has 0 bridgehead atoms. The third-order valence-corrected chi connectivity index (χ3v) is 3.75. The van der Waals surface area contributed by atoms with Crippen LogP contribution in [0.2, 0.25) is 0 Å². The normalized spacial score (nSPS) is 18.5. The van der Waals surface area contributed by atoms with Crippen molar-refractivity contribution in [3.8, 4) is 0 Å². The summed E-state index contributed by atoms with van der Waals surface area (Å²) >= 11 is 0.849. The molecule has 0 aromatic heterocycles. The number of thioether (sulfide) groups is 1. The van der Waals surface area contributed by atoms with Crippen LogP contribution in [0.3, 0.4) is 0 Å². The van der Waals surface area contributed by atoms with Crippen LogP contribution in [-0.4, -0.2) is 66.7 Å². The van der Waals surface area contributed by atoms with Crippen LogP contribution in [0.5, 0.6) is 0 Å². The summed E-state index contributed by atoms with van der Waals surface area (Å²) in [7, 11) is 0. The number of nitrogens with two attached hydrogens (primary N) is 1. The van der Waals surface area contributed by atoms with Crippen molar-refractivity contribution >= 4 is 35.6 Å². The zero-order chi connectivity index (χ0) is 16.4. The summed E-state index contributed by atoms with van der Waals surface area (Å²) in [5.41, 5.74) is 1.94. The van der Waals surface area contributed by atoms with E-state index in [1.807, 2.05) is 0 Å². The van der Waals surface area contributed by atoms with E-state index >= 15 is 0 Å². The summed E-state index contributed by atoms with van der Waals surface area (Å²) < 4.78 is 0. The van der Waals surface area contributed by atoms with Gasteiger partial charge in [-0.1, -0.05) is 11.8 Å². The van der Waals surface area contributed by atoms with Crippen LogP contribution in [0.25, 0.3) is 0 Å². The highest BCUT2D eigenvalue weighted by Crippen LogP contribution is 2.31. The molecule has 2 atom stereocenters. The molecule has 21 heavy (non-hydrogen) atoms. The molecule has 1 aliphatic heterocycles. The minimum Gasteiger partial charge on any atom is -0.481 e. The van der Waals surface area contributed by atoms with E-state index in [0.29, 0.717) is 0 Å². The van der Waals surface area contributed by atoms with Crippen LogP contribution in [0, 0.1) is 0 Å². The number of nitrogens with zero attached hydrogens (tertiary/aromatic N) is 1. The minimum atomic E-state index is -3.07. The number of hydrogen-bond acceptors (Lipinski definition) is 7. The van der Waals surface area contributed by atoms with Gasteiger partial charge < -0.3 is 31.1 Å². The summed E-state index contributed by atoms with van der Waals surface area (Å²) in [5.74, 6) is -6.43. The number of carboxylic acid groups (broad SMARTS) is 3. The van der Waals surface area contributed by atoms with Crippen LogP contribution in [0.4, 0.5) is 0 Å². The van der Waals surface area contributed by atoms with Gasteiger partial charge in [0.25, 0.3) is 5.91 Å². The van der Waals surface area contributed by atoms with E-state index in [2.05, 4.69) is 0 Å². The first-order valence-corrected chi connectivity index (χ1v) is 6.38. The standard InChI is InChI=1S/C10H12N2O8S/c11-7(15)4-2-12(3-21-4)6(8(16)17)10(20,9(18)19)1-5(13)14/h2,6,20H,1,3H2,(H2,11,15)(H,13,14)(H,16,17)(H,18,19). The lowest BCUT2D eigenvalue weighted by molar-refractivity contribution is -0.179. The zero-order valence-corrected chi connectivity index (χ0v) is 11.2. The number of primary amides is 1. The van der Waals surface area contributed by atoms with Crippen LogP contribution >= 0.6 is 11.8 Å². The predicted octanol–water partition coefficient (Wildman–Crippen LogP) is -1.94. The Kier molecular flexibility index (Phi) is 4.80. The lowest BCUT2D eigenvalue weighted by Gasteiger charge is -2.34. The molecule has 1 amide bonds. The van der Waals surface area contributed by atoms with E-state index in [-0.39, 0.29) is 10.8 Å². The molecule has 0 saturated carbocycles. The molecule has 1 aliphatic rings. The van der Waals surface area contributed by atoms with Crippen LogP contribution in [0.15, 0.2) is 11.1 Å². The summed E-state index contributed by atoms with van der Waals surface area (Å²) in [6.07, 6.45) is -0.332. The summed E-state index contributed by atoms with van der Waals surface area (Å²) in [6.45, 7) is 0. The average Bonchev–Trinajstić information content (AvgIpc) is 2.76. The number of carbonyl (C=O) groups excluding carboxylic acids is 1. The molecule has 116 valence electrons. The Morgan fingerprint density at radius 2 is 1.90 bits per heavy atom. The Morgan fingerprint density at radius 3 is 2.24 bits per heavy atom. The monoisotopic (exact) mass is 320 g/mol. The van der Waals surface area contributed by atoms with Crippen LogP contribution in [-0.2, 0) is 19.2 Å². The fourth-order valence-electron chi connectivity index (χ4n) is 1.79. The Morgan fingerprint density at radius 1 is 1.33 bits per heavy atom. The molecular formula is C10H12N2O8S. The number of aliphatic hydroxyl groups is 1. The molecule has 6 N–H and O–H groups in total. The quantitative estimate of drug-likeness (QED) is 0.354. The number of carbonyl (C=O) groups is 4. The van der Waals surface area contributed by atoms with E-state index in [1.54, 1.807) is 0 Å². The van der Waals surface area contributed by atoms with Gasteiger partial charge in [-0.15, -0.1) is 0 Å². The Labute approximate surface area is 121 Å². The van der Waals surface area contributed by atoms with Crippen molar-refractivity contribution in [3.63, 3.8) is 0 Å². The maximum atomic E-state index is 11.3. The first-order chi connectivity index (χ1) is 9.59. The molecule has 0 saturated heterocycles. The largest absolute Gasteiger partial charge is 0.481 e. The Bertz CT molecular complexity index is 533. The van der Waals surface area contributed by atoms with Gasteiger partial charge in [0.1, 0.15) is 0 Å². The number of rotatable bonds is 7. The van der Waals surface area contributed by atoms with Gasteiger partial charge in [-0.25, -0.2) is 9.59 Å². The molecule has 0 aromatic rings. The fraction of sp³-hybridized carbons (Fsp3) is 0.400. The van der Waals surface area contributed by atoms with Crippen molar-refractivity contribution in [1.82, 2.24) is 4.90 Å². The Hall–Kier alpha value is -2.27. The lowest BCUT2D eigenvalue weighted by Crippen LogP contribution is -2.60. The first kappa shape index (κ1) is 16.8. The maximum Gasteiger partial charge on any atom is 0.339 e. The third-order valence-electron chi connectivity index (χ3n) is 2.70. The van der Waals surface area contributed by atoms with Crippen molar-refractivity contribution < 1.29 is 39.6 Å². The molecule has 0 aromatic carbocycles. The van der Waals surface area contributed by atoms with Crippen molar-refractivity contribution in [2.24, 2.45) is 5.73 Å². The highest BCUT2D eigenvalue weighted by atomic mass is 32.2. The zero-order valence-electron chi connectivity index (χ0n) is 10.4. The van der Waals surface area contributed by atoms with E-state index in [0.717, 1.165) is 22.9 Å². The molecule has 2 unspecified atom stereocenters. The second kappa shape index (κ2) is 6.01. The van der Waals surface area contributed by atoms with E-state index in [9.17, 15) is 24.3 Å². The lowest BCUT2D eigenvalue weighted by atomic mass is 9.89. The molecule has 0 aliphatic carbocycles. The first-order valence-electron chi connectivity index (χ1n) is 5.40. The number of carboxylic acids is 3. The summed E-state index contributed by atoms with van der Waals surface area (Å²) in [4.78, 5) is 45.0. The molecule has 1 heterocycles. The van der Waals surface area contributed by atoms with Crippen molar-refractivity contribution in [3.05, 3.63) is 11.1 Å². The topological polar surface area (TPSA) is 178 Å². The molecule has 0 spiro atoms. The van der Waals surface area contributed by atoms with E-state index < -0.39 is 41.9 Å². The molecule has 10 nitrogen and oxygen atoms in total. The second-order valence-electron chi connectivity index (χ2n) is 4.19. The minimum absolute atomic E-state index is 0.0238. The average molecular weight is 320 g/mol. The Balaban J connectivity index is 3.22. The SMILES string of the molecule is NC(=O)C1=CN(C(C(=O)O)C(O)(CC(=O)O)C(=O)O)CS1. The number of amides is 1. The van der Waals surface area contributed by atoms with Gasteiger partial charge in [0.2, 0.25) is 5.60 Å². The highest BCUT2D eigenvalue weighted by Gasteiger charge is 2.53. The van der Waals surface area contributed by atoms with Gasteiger partial charge in [0.05, 0.1) is 17.2 Å². The second-order valence-corrected chi connectivity index (χ2v) is 5.17. The van der Waals surface area contributed by atoms with E-state index in [4.69, 9.17) is 21.1 Å². The van der Waals surface area contributed by atoms with E-state index in [1.165, 1.54) is 0 Å². The van der Waals surface area contributed by atoms with Crippen LogP contribution in [0.1, 0.15) is 6.42 Å². The van der Waals surface area contributed by atoms with Crippen LogP contribution < -0.4 is 5.73 Å². The molecule has 1 rings (SSSR count). The number of aliphatic carboxylic acids is 3. The number of hydrogen-bond donors (Lipinski definition) is 5. The molecular weight excluding hydrogens is 308 g/mol. The fourth-order valence-corrected chi connectivity index (χ4v) is 2.66. The van der Waals surface area contributed by atoms with Crippen molar-refractivity contribution in [2.75, 3.05) is 5.88 Å². The van der Waals surface area contributed by atoms with Crippen molar-refractivity contribution in [1.29, 1.82) is 0 Å². The smallest absolute Gasteiger partial charge is 0.339 e. The molecule has 0 fully saturated rings.